The monoisotopic (exact) mass is 491 g/mol. The minimum atomic E-state index is -0.0801. The van der Waals surface area contributed by atoms with Crippen molar-refractivity contribution in [2.75, 3.05) is 48.9 Å². The first-order chi connectivity index (χ1) is 17.5. The van der Waals surface area contributed by atoms with Crippen LogP contribution in [-0.4, -0.2) is 61.8 Å². The number of nitrogens with zero attached hydrogens (tertiary/aromatic N) is 4. The van der Waals surface area contributed by atoms with E-state index in [4.69, 9.17) is 9.72 Å². The first-order valence-corrected chi connectivity index (χ1v) is 13.1. The van der Waals surface area contributed by atoms with E-state index in [9.17, 15) is 4.79 Å². The van der Waals surface area contributed by atoms with Crippen LogP contribution in [0.1, 0.15) is 55.3 Å². The third-order valence-corrected chi connectivity index (χ3v) is 7.65. The number of amides is 1. The van der Waals surface area contributed by atoms with Crippen molar-refractivity contribution >= 4 is 29.0 Å². The fourth-order valence-corrected chi connectivity index (χ4v) is 5.43. The van der Waals surface area contributed by atoms with Gasteiger partial charge in [-0.3, -0.25) is 4.79 Å². The number of benzene rings is 1. The van der Waals surface area contributed by atoms with E-state index in [1.807, 2.05) is 25.4 Å². The standard InChI is InChI=1S/C27H37N7O2/c1-18-12-15-34(21-6-4-5-7-21)25-23(33(18)2)17-29-27(32-25)31-22-9-8-19(16-24(22)36-3)26(35)30-20-10-13-28-14-11-20/h8-9,16-17,20-21,28H,1,4-7,10-15H2,2-3H3,(H,30,35)(H,29,31,32). The van der Waals surface area contributed by atoms with Crippen molar-refractivity contribution in [1.29, 1.82) is 0 Å². The van der Waals surface area contributed by atoms with Gasteiger partial charge in [0.2, 0.25) is 5.95 Å². The Morgan fingerprint density at radius 3 is 2.72 bits per heavy atom. The van der Waals surface area contributed by atoms with E-state index >= 15 is 0 Å². The van der Waals surface area contributed by atoms with E-state index in [-0.39, 0.29) is 11.9 Å². The molecule has 1 aromatic heterocycles. The zero-order valence-electron chi connectivity index (χ0n) is 21.3. The molecule has 0 spiro atoms. The number of methoxy groups -OCH3 is 1. The third-order valence-electron chi connectivity index (χ3n) is 7.65. The fourth-order valence-electron chi connectivity index (χ4n) is 5.43. The van der Waals surface area contributed by atoms with Crippen LogP contribution >= 0.6 is 0 Å². The molecular weight excluding hydrogens is 454 g/mol. The van der Waals surface area contributed by atoms with Gasteiger partial charge in [-0.1, -0.05) is 19.4 Å². The number of fused-ring (bicyclic) bond motifs is 1. The van der Waals surface area contributed by atoms with Crippen LogP contribution in [0.25, 0.3) is 0 Å². The Morgan fingerprint density at radius 1 is 1.19 bits per heavy atom. The molecule has 2 aliphatic heterocycles. The molecule has 3 N–H and O–H groups in total. The Balaban J connectivity index is 1.38. The summed E-state index contributed by atoms with van der Waals surface area (Å²) in [6.07, 6.45) is 9.57. The zero-order valence-corrected chi connectivity index (χ0v) is 21.3. The molecule has 192 valence electrons. The van der Waals surface area contributed by atoms with Crippen LogP contribution in [0.4, 0.5) is 23.1 Å². The highest BCUT2D eigenvalue weighted by Gasteiger charge is 2.30. The topological polar surface area (TPSA) is 94.7 Å². The first kappa shape index (κ1) is 24.4. The van der Waals surface area contributed by atoms with E-state index < -0.39 is 0 Å². The van der Waals surface area contributed by atoms with Gasteiger partial charge >= 0.3 is 0 Å². The summed E-state index contributed by atoms with van der Waals surface area (Å²) >= 11 is 0. The summed E-state index contributed by atoms with van der Waals surface area (Å²) in [6, 6.07) is 6.14. The number of hydrogen-bond donors (Lipinski definition) is 3. The quantitative estimate of drug-likeness (QED) is 0.562. The third kappa shape index (κ3) is 5.11. The van der Waals surface area contributed by atoms with Crippen LogP contribution in [0.15, 0.2) is 36.7 Å². The highest BCUT2D eigenvalue weighted by atomic mass is 16.5. The molecule has 9 nitrogen and oxygen atoms in total. The van der Waals surface area contributed by atoms with Crippen LogP contribution in [0.2, 0.25) is 0 Å². The Kier molecular flexibility index (Phi) is 7.27. The number of rotatable bonds is 6. The summed E-state index contributed by atoms with van der Waals surface area (Å²) in [5, 5.41) is 9.78. The second-order valence-electron chi connectivity index (χ2n) is 9.95. The Hall–Kier alpha value is -3.33. The predicted octanol–water partition coefficient (Wildman–Crippen LogP) is 3.81. The summed E-state index contributed by atoms with van der Waals surface area (Å²) < 4.78 is 5.63. The number of ether oxygens (including phenoxy) is 1. The van der Waals surface area contributed by atoms with Crippen LogP contribution in [0, 0.1) is 0 Å². The van der Waals surface area contributed by atoms with Crippen molar-refractivity contribution in [3.63, 3.8) is 0 Å². The highest BCUT2D eigenvalue weighted by molar-refractivity contribution is 5.95. The van der Waals surface area contributed by atoms with Gasteiger partial charge in [-0.15, -0.1) is 0 Å². The lowest BCUT2D eigenvalue weighted by molar-refractivity contribution is 0.0929. The van der Waals surface area contributed by atoms with Crippen molar-refractivity contribution in [3.05, 3.63) is 42.2 Å². The molecule has 3 aliphatic rings. The number of carbonyl (C=O) groups is 1. The lowest BCUT2D eigenvalue weighted by atomic mass is 10.1. The average Bonchev–Trinajstić information content (AvgIpc) is 3.40. The summed E-state index contributed by atoms with van der Waals surface area (Å²) in [7, 11) is 3.64. The minimum absolute atomic E-state index is 0.0801. The summed E-state index contributed by atoms with van der Waals surface area (Å²) in [6.45, 7) is 7.03. The van der Waals surface area contributed by atoms with E-state index in [1.165, 1.54) is 25.7 Å². The normalized spacial score (nSPS) is 19.1. The van der Waals surface area contributed by atoms with Crippen LogP contribution in [0.3, 0.4) is 0 Å². The average molecular weight is 492 g/mol. The Labute approximate surface area is 213 Å². The van der Waals surface area contributed by atoms with Crippen molar-refractivity contribution in [1.82, 2.24) is 20.6 Å². The first-order valence-electron chi connectivity index (χ1n) is 13.1. The van der Waals surface area contributed by atoms with Gasteiger partial charge in [-0.2, -0.15) is 4.98 Å². The molecule has 0 radical (unpaired) electrons. The molecular formula is C27H37N7O2. The van der Waals surface area contributed by atoms with Gasteiger partial charge in [0.25, 0.3) is 5.91 Å². The molecule has 2 fully saturated rings. The SMILES string of the molecule is C=C1CCN(C2CCCC2)c2nc(Nc3ccc(C(=O)NC4CCNCC4)cc3OC)ncc2N1C. The van der Waals surface area contributed by atoms with Crippen LogP contribution in [0.5, 0.6) is 5.75 Å². The largest absolute Gasteiger partial charge is 0.495 e. The summed E-state index contributed by atoms with van der Waals surface area (Å²) in [4.78, 5) is 26.9. The molecule has 1 saturated carbocycles. The van der Waals surface area contributed by atoms with Gasteiger partial charge in [0, 0.05) is 43.4 Å². The zero-order chi connectivity index (χ0) is 25.1. The fraction of sp³-hybridized carbons (Fsp3) is 0.519. The number of carbonyl (C=O) groups excluding carboxylic acids is 1. The van der Waals surface area contributed by atoms with E-state index in [0.29, 0.717) is 23.3 Å². The maximum absolute atomic E-state index is 12.8. The van der Waals surface area contributed by atoms with Crippen molar-refractivity contribution in [2.45, 2.75) is 57.0 Å². The molecule has 1 aromatic carbocycles. The van der Waals surface area contributed by atoms with Crippen LogP contribution < -0.4 is 30.5 Å². The molecule has 3 heterocycles. The van der Waals surface area contributed by atoms with Gasteiger partial charge in [-0.05, 0) is 57.0 Å². The van der Waals surface area contributed by atoms with Crippen molar-refractivity contribution in [2.24, 2.45) is 0 Å². The predicted molar refractivity (Wildman–Crippen MR) is 143 cm³/mol. The van der Waals surface area contributed by atoms with E-state index in [2.05, 4.69) is 37.3 Å². The number of nitrogens with one attached hydrogen (secondary N) is 3. The van der Waals surface area contributed by atoms with Gasteiger partial charge in [-0.25, -0.2) is 4.98 Å². The molecule has 1 amide bonds. The molecule has 36 heavy (non-hydrogen) atoms. The molecule has 0 bridgehead atoms. The van der Waals surface area contributed by atoms with Crippen molar-refractivity contribution < 1.29 is 9.53 Å². The summed E-state index contributed by atoms with van der Waals surface area (Å²) in [5.41, 5.74) is 3.34. The molecule has 5 rings (SSSR count). The van der Waals surface area contributed by atoms with Gasteiger partial charge < -0.3 is 30.5 Å². The smallest absolute Gasteiger partial charge is 0.251 e. The number of aromatic nitrogens is 2. The lowest BCUT2D eigenvalue weighted by Crippen LogP contribution is -2.42. The van der Waals surface area contributed by atoms with Crippen LogP contribution in [-0.2, 0) is 0 Å². The molecule has 1 saturated heterocycles. The lowest BCUT2D eigenvalue weighted by Gasteiger charge is -2.30. The Morgan fingerprint density at radius 2 is 1.97 bits per heavy atom. The van der Waals surface area contributed by atoms with Crippen molar-refractivity contribution in [3.8, 4) is 5.75 Å². The molecule has 0 atom stereocenters. The molecule has 9 heteroatoms. The number of anilines is 4. The maximum Gasteiger partial charge on any atom is 0.251 e. The van der Waals surface area contributed by atoms with Gasteiger partial charge in [0.15, 0.2) is 5.82 Å². The molecule has 1 aliphatic carbocycles. The minimum Gasteiger partial charge on any atom is -0.495 e. The number of hydrogen-bond acceptors (Lipinski definition) is 8. The second-order valence-corrected chi connectivity index (χ2v) is 9.95. The summed E-state index contributed by atoms with van der Waals surface area (Å²) in [5.74, 6) is 1.94. The maximum atomic E-state index is 12.8. The van der Waals surface area contributed by atoms with Gasteiger partial charge in [0.05, 0.1) is 19.0 Å². The highest BCUT2D eigenvalue weighted by Crippen LogP contribution is 2.38. The van der Waals surface area contributed by atoms with Gasteiger partial charge in [0.1, 0.15) is 11.4 Å². The Bertz CT molecular complexity index is 1110. The molecule has 2 aromatic rings. The number of piperidine rings is 1. The second kappa shape index (κ2) is 10.7. The molecule has 0 unspecified atom stereocenters. The van der Waals surface area contributed by atoms with E-state index in [0.717, 1.165) is 61.8 Å². The van der Waals surface area contributed by atoms with E-state index in [1.54, 1.807) is 13.2 Å².